The van der Waals surface area contributed by atoms with Crippen LogP contribution in [0.2, 0.25) is 0 Å². The quantitative estimate of drug-likeness (QED) is 0.0226. The maximum atomic E-state index is 14.3. The maximum Gasteiger partial charge on any atom is 0.481 e. The number of hydrogen-bond acceptors (Lipinski definition) is 18. The van der Waals surface area contributed by atoms with Crippen LogP contribution >= 0.6 is 15.6 Å². The molecule has 11 atom stereocenters. The Balaban J connectivity index is 1.75. The topological polar surface area (TPSA) is 323 Å². The lowest BCUT2D eigenvalue weighted by Gasteiger charge is -2.38. The lowest BCUT2D eigenvalue weighted by molar-refractivity contribution is -0.184. The Morgan fingerprint density at radius 2 is 1.45 bits per heavy atom. The summed E-state index contributed by atoms with van der Waals surface area (Å²) in [4.78, 5) is 78.4. The zero-order valence-corrected chi connectivity index (χ0v) is 45.1. The molecule has 2 saturated heterocycles. The van der Waals surface area contributed by atoms with Gasteiger partial charge in [0.2, 0.25) is 0 Å². The van der Waals surface area contributed by atoms with Gasteiger partial charge in [0.25, 0.3) is 0 Å². The largest absolute Gasteiger partial charge is 0.481 e. The van der Waals surface area contributed by atoms with Crippen LogP contribution in [0, 0.1) is 17.8 Å². The molecule has 2 fully saturated rings. The van der Waals surface area contributed by atoms with E-state index in [9.17, 15) is 58.5 Å². The van der Waals surface area contributed by atoms with E-state index in [1.807, 2.05) is 6.92 Å². The Morgan fingerprint density at radius 3 is 2.08 bits per heavy atom. The lowest BCUT2D eigenvalue weighted by atomic mass is 9.83. The van der Waals surface area contributed by atoms with Crippen LogP contribution in [0.3, 0.4) is 0 Å². The van der Waals surface area contributed by atoms with Gasteiger partial charge in [-0.1, -0.05) is 148 Å². The van der Waals surface area contributed by atoms with E-state index in [0.29, 0.717) is 38.5 Å². The Morgan fingerprint density at radius 1 is 0.849 bits per heavy atom. The second-order valence-electron chi connectivity index (χ2n) is 20.0. The summed E-state index contributed by atoms with van der Waals surface area (Å²) < 4.78 is 58.9. The fraction of sp³-hybridized carbons (Fsp3) is 0.820. The highest BCUT2D eigenvalue weighted by Crippen LogP contribution is 2.60. The van der Waals surface area contributed by atoms with Crippen LogP contribution in [0.15, 0.2) is 29.2 Å². The van der Waals surface area contributed by atoms with Crippen molar-refractivity contribution in [2.75, 3.05) is 25.6 Å². The summed E-state index contributed by atoms with van der Waals surface area (Å²) in [6.45, 7) is 3.81. The molecule has 3 heterocycles. The average molecular weight is 1080 g/mol. The monoisotopic (exact) mass is 1080 g/mol. The molecule has 21 nitrogen and oxygen atoms in total. The van der Waals surface area contributed by atoms with Gasteiger partial charge in [0.15, 0.2) is 6.10 Å². The van der Waals surface area contributed by atoms with E-state index in [1.54, 1.807) is 0 Å². The van der Waals surface area contributed by atoms with Crippen LogP contribution in [-0.4, -0.2) is 114 Å². The molecule has 2 bridgehead atoms. The molecule has 0 aliphatic carbocycles. The molecule has 3 rings (SSSR count). The molecule has 73 heavy (non-hydrogen) atoms. The van der Waals surface area contributed by atoms with Crippen molar-refractivity contribution in [2.24, 2.45) is 17.8 Å². The fourth-order valence-electron chi connectivity index (χ4n) is 8.92. The van der Waals surface area contributed by atoms with Gasteiger partial charge in [0.1, 0.15) is 36.6 Å². The van der Waals surface area contributed by atoms with Crippen molar-refractivity contribution in [3.05, 3.63) is 34.9 Å². The van der Waals surface area contributed by atoms with E-state index in [4.69, 9.17) is 29.0 Å². The molecule has 0 saturated carbocycles. The Labute approximate surface area is 431 Å². The molecule has 23 heteroatoms. The number of nitrogens with two attached hydrogens (primary N) is 1. The van der Waals surface area contributed by atoms with Crippen LogP contribution in [0.25, 0.3) is 0 Å². The third-order valence-corrected chi connectivity index (χ3v) is 15.8. The third kappa shape index (κ3) is 26.1. The van der Waals surface area contributed by atoms with E-state index < -0.39 is 120 Å². The van der Waals surface area contributed by atoms with Gasteiger partial charge in [-0.3, -0.25) is 28.0 Å². The Kier molecular flexibility index (Phi) is 30.6. The summed E-state index contributed by atoms with van der Waals surface area (Å²) in [5.74, 6) is -4.14. The molecule has 0 amide bonds. The first-order valence-electron chi connectivity index (χ1n) is 26.7. The number of unbranched alkanes of at least 4 members (excludes halogenated alkanes) is 13. The lowest BCUT2D eigenvalue weighted by Crippen LogP contribution is -2.51. The van der Waals surface area contributed by atoms with Gasteiger partial charge in [-0.15, -0.1) is 0 Å². The van der Waals surface area contributed by atoms with Crippen molar-refractivity contribution in [3.63, 3.8) is 0 Å². The van der Waals surface area contributed by atoms with Crippen LogP contribution in [-0.2, 0) is 51.1 Å². The van der Waals surface area contributed by atoms with Crippen LogP contribution in [0.4, 0.5) is 5.82 Å². The molecule has 1 aromatic heterocycles. The number of nitrogens with zero attached hydrogens (tertiary/aromatic N) is 2. The van der Waals surface area contributed by atoms with Crippen molar-refractivity contribution in [1.29, 1.82) is 0 Å². The molecule has 0 spiro atoms. The van der Waals surface area contributed by atoms with Crippen LogP contribution < -0.4 is 11.4 Å². The normalized spacial score (nSPS) is 29.2. The van der Waals surface area contributed by atoms with Crippen LogP contribution in [0.1, 0.15) is 188 Å². The number of hydrogen-bond donors (Lipinski definition) is 7. The molecule has 0 radical (unpaired) electrons. The summed E-state index contributed by atoms with van der Waals surface area (Å²) in [5.41, 5.74) is 4.76. The number of phosphoric acid groups is 2. The number of aromatic nitrogens is 2. The molecule has 0 aromatic carbocycles. The van der Waals surface area contributed by atoms with Gasteiger partial charge in [0.05, 0.1) is 37.4 Å². The molecule has 8 N–H and O–H groups in total. The number of rotatable bonds is 24. The molecular formula is C50H87N3O18P2. The SMILES string of the molecule is CCCCC[C@H](O)/C=C\[C@@H]1[C@H](O)[C@H](O)[C@H]2COP(=O)(O)OP(=O)(O)OC[C@@H](COC(=O)CCCCCCCCCCCCCCC(C)C)OC(=O)CCCCCC[C@@H](C(=O)C[C@H]1O)[C@H](n1ccc(N)nc1=O)O2. The standard InChI is InChI=1S/C50H87N3O18P2/c1-4-5-18-24-37(54)28-29-39-41(55)32-42(56)40-25-20-16-17-22-27-46(58)69-38(33-66-45(57)26-21-15-13-11-9-7-6-8-10-12-14-19-23-36(2)3)34-67-72(62,63)71-73(64,65)68-35-43(48(60)47(39)59)70-49(40)53-31-30-44(51)52-50(53)61/h28-31,36-41,43,47-49,54-55,59-60H,4-27,32-35H2,1-3H3,(H,62,63)(H,64,65)(H2,51,52,61)/b29-28-/t37-,38+,39-,40-,41+,43+,47-,48+,49+/m0/s1. The van der Waals surface area contributed by atoms with Crippen molar-refractivity contribution < 1.29 is 81.3 Å². The van der Waals surface area contributed by atoms with Gasteiger partial charge in [-0.2, -0.15) is 9.29 Å². The highest BCUT2D eigenvalue weighted by atomic mass is 31.3. The van der Waals surface area contributed by atoms with E-state index in [1.165, 1.54) is 75.8 Å². The summed E-state index contributed by atoms with van der Waals surface area (Å²) >= 11 is 0. The first-order chi connectivity index (χ1) is 34.7. The summed E-state index contributed by atoms with van der Waals surface area (Å²) in [5, 5.41) is 45.5. The number of cyclic esters (lactones) is 1. The molecule has 1 aromatic rings. The third-order valence-electron chi connectivity index (χ3n) is 13.2. The van der Waals surface area contributed by atoms with Gasteiger partial charge in [-0.25, -0.2) is 13.9 Å². The number of esters is 2. The number of ketones is 1. The number of phosphoric ester groups is 2. The molecule has 2 aliphatic heterocycles. The number of anilines is 1. The molecule has 2 aliphatic rings. The zero-order chi connectivity index (χ0) is 53.8. The molecule has 2 unspecified atom stereocenters. The first kappa shape index (κ1) is 64.4. The maximum absolute atomic E-state index is 14.3. The predicted molar refractivity (Wildman–Crippen MR) is 271 cm³/mol. The number of carbonyl (C=O) groups excluding carboxylic acids is 3. The van der Waals surface area contributed by atoms with Gasteiger partial charge in [0, 0.05) is 31.4 Å². The number of Topliss-reactive ketones (excluding diaryl/α,β-unsaturated/α-hetero) is 1. The smallest absolute Gasteiger partial charge is 0.462 e. The first-order valence-corrected chi connectivity index (χ1v) is 29.7. The van der Waals surface area contributed by atoms with E-state index >= 15 is 0 Å². The van der Waals surface area contributed by atoms with Gasteiger partial charge >= 0.3 is 33.3 Å². The second-order valence-corrected chi connectivity index (χ2v) is 23.0. The predicted octanol–water partition coefficient (Wildman–Crippen LogP) is 7.67. The number of aliphatic hydroxyl groups is 4. The van der Waals surface area contributed by atoms with Crippen LogP contribution in [0.5, 0.6) is 0 Å². The van der Waals surface area contributed by atoms with Gasteiger partial charge in [-0.05, 0) is 37.7 Å². The van der Waals surface area contributed by atoms with Crippen molar-refractivity contribution >= 4 is 39.2 Å². The zero-order valence-electron chi connectivity index (χ0n) is 43.3. The average Bonchev–Trinajstić information content (AvgIpc) is 3.31. The number of nitrogen functional groups attached to an aromatic ring is 1. The van der Waals surface area contributed by atoms with Crippen molar-refractivity contribution in [3.8, 4) is 0 Å². The molecular weight excluding hydrogens is 993 g/mol. The van der Waals surface area contributed by atoms with E-state index in [-0.39, 0.29) is 31.5 Å². The Hall–Kier alpha value is -2.91. The van der Waals surface area contributed by atoms with E-state index in [0.717, 1.165) is 49.0 Å². The van der Waals surface area contributed by atoms with Crippen molar-refractivity contribution in [1.82, 2.24) is 9.55 Å². The number of ether oxygens (including phenoxy) is 3. The summed E-state index contributed by atoms with van der Waals surface area (Å²) in [6, 6.07) is 1.23. The second kappa shape index (κ2) is 34.7. The number of carbonyl (C=O) groups is 3. The van der Waals surface area contributed by atoms with Crippen molar-refractivity contribution in [2.45, 2.75) is 224 Å². The highest BCUT2D eigenvalue weighted by Gasteiger charge is 2.45. The van der Waals surface area contributed by atoms with E-state index in [2.05, 4.69) is 23.1 Å². The van der Waals surface area contributed by atoms with Gasteiger partial charge < -0.3 is 50.2 Å². The number of aliphatic hydroxyl groups excluding tert-OH is 4. The highest BCUT2D eigenvalue weighted by molar-refractivity contribution is 7.61. The minimum absolute atomic E-state index is 0.000614. The minimum atomic E-state index is -5.71. The number of fused-ring (bicyclic) bond motifs is 3. The summed E-state index contributed by atoms with van der Waals surface area (Å²) in [6.07, 6.45) is 10.1. The molecule has 420 valence electrons. The fourth-order valence-corrected chi connectivity index (χ4v) is 11.0. The Bertz CT molecular complexity index is 1960. The minimum Gasteiger partial charge on any atom is -0.462 e. The summed E-state index contributed by atoms with van der Waals surface area (Å²) in [7, 11) is -11.3.